The van der Waals surface area contributed by atoms with Gasteiger partial charge in [-0.3, -0.25) is 10.1 Å². The lowest BCUT2D eigenvalue weighted by Crippen LogP contribution is -2.48. The number of benzene rings is 1. The molecule has 2 atom stereocenters. The van der Waals surface area contributed by atoms with E-state index in [2.05, 4.69) is 5.32 Å². The summed E-state index contributed by atoms with van der Waals surface area (Å²) in [5.74, 6) is -0.318. The molecule has 170 valence electrons. The number of carbonyl (C=O) groups excluding carboxylic acids is 3. The van der Waals surface area contributed by atoms with Crippen molar-refractivity contribution in [2.24, 2.45) is 0 Å². The average Bonchev–Trinajstić information content (AvgIpc) is 2.79. The van der Waals surface area contributed by atoms with Gasteiger partial charge in [0.05, 0.1) is 17.2 Å². The maximum atomic E-state index is 13.6. The van der Waals surface area contributed by atoms with E-state index in [9.17, 15) is 14.4 Å². The number of imide groups is 1. The summed E-state index contributed by atoms with van der Waals surface area (Å²) in [5, 5.41) is 2.67. The van der Waals surface area contributed by atoms with Crippen LogP contribution in [0.5, 0.6) is 0 Å². The maximum absolute atomic E-state index is 13.6. The Morgan fingerprint density at radius 3 is 2.35 bits per heavy atom. The molecule has 2 unspecified atom stereocenters. The average molecular weight is 433 g/mol. The Balaban J connectivity index is 2.01. The monoisotopic (exact) mass is 432 g/mol. The van der Waals surface area contributed by atoms with Gasteiger partial charge in [0.1, 0.15) is 11.2 Å². The van der Waals surface area contributed by atoms with Crippen LogP contribution >= 0.6 is 0 Å². The molecule has 0 aliphatic carbocycles. The molecule has 8 nitrogen and oxygen atoms in total. The van der Waals surface area contributed by atoms with Crippen LogP contribution in [0.3, 0.4) is 0 Å². The molecule has 2 heterocycles. The highest BCUT2D eigenvalue weighted by atomic mass is 16.6. The van der Waals surface area contributed by atoms with Crippen molar-refractivity contribution < 1.29 is 28.6 Å². The van der Waals surface area contributed by atoms with Gasteiger partial charge in [0, 0.05) is 12.3 Å². The van der Waals surface area contributed by atoms with Crippen molar-refractivity contribution >= 4 is 29.5 Å². The third kappa shape index (κ3) is 4.84. The summed E-state index contributed by atoms with van der Waals surface area (Å²) in [6, 6.07) is 5.13. The standard InChI is InChI=1S/C23H32N2O6/c1-14-13-23(10-11-29-14)16-9-8-15(24-19(27)30-21(2,3)4)12-17(16)25(18(23)26)20(28)31-22(5,6)7/h8-9,12,14H,10-11,13H2,1-7H3,(H,24,27). The van der Waals surface area contributed by atoms with E-state index in [-0.39, 0.29) is 12.0 Å². The van der Waals surface area contributed by atoms with Crippen LogP contribution in [0.15, 0.2) is 18.2 Å². The predicted molar refractivity (Wildman–Crippen MR) is 116 cm³/mol. The van der Waals surface area contributed by atoms with Crippen molar-refractivity contribution in [3.05, 3.63) is 23.8 Å². The minimum absolute atomic E-state index is 0.122. The van der Waals surface area contributed by atoms with E-state index in [1.165, 1.54) is 0 Å². The predicted octanol–water partition coefficient (Wildman–Crippen LogP) is 4.75. The van der Waals surface area contributed by atoms with Crippen LogP contribution in [-0.4, -0.2) is 42.0 Å². The first kappa shape index (κ1) is 23.1. The fourth-order valence-corrected chi connectivity index (χ4v) is 4.07. The van der Waals surface area contributed by atoms with Crippen molar-refractivity contribution in [3.63, 3.8) is 0 Å². The number of hydrogen-bond donors (Lipinski definition) is 1. The van der Waals surface area contributed by atoms with Gasteiger partial charge in [0.15, 0.2) is 0 Å². The molecular weight excluding hydrogens is 400 g/mol. The Labute approximate surface area is 183 Å². The fraction of sp³-hybridized carbons (Fsp3) is 0.609. The number of fused-ring (bicyclic) bond motifs is 2. The number of anilines is 2. The zero-order valence-electron chi connectivity index (χ0n) is 19.3. The fourth-order valence-electron chi connectivity index (χ4n) is 4.07. The lowest BCUT2D eigenvalue weighted by atomic mass is 9.73. The zero-order chi connectivity index (χ0) is 23.2. The zero-order valence-corrected chi connectivity index (χ0v) is 19.3. The van der Waals surface area contributed by atoms with Crippen molar-refractivity contribution in [2.75, 3.05) is 16.8 Å². The first-order valence-electron chi connectivity index (χ1n) is 10.6. The van der Waals surface area contributed by atoms with Crippen molar-refractivity contribution in [1.29, 1.82) is 0 Å². The van der Waals surface area contributed by atoms with Crippen LogP contribution in [-0.2, 0) is 24.4 Å². The molecule has 1 N–H and O–H groups in total. The third-order valence-electron chi connectivity index (χ3n) is 5.16. The highest BCUT2D eigenvalue weighted by Crippen LogP contribution is 2.50. The molecule has 8 heteroatoms. The minimum Gasteiger partial charge on any atom is -0.444 e. The SMILES string of the molecule is CC1CC2(CCO1)C(=O)N(C(=O)OC(C)(C)C)c1cc(NC(=O)OC(C)(C)C)ccc12. The first-order chi connectivity index (χ1) is 14.2. The minimum atomic E-state index is -0.853. The van der Waals surface area contributed by atoms with Crippen LogP contribution in [0.4, 0.5) is 21.0 Å². The van der Waals surface area contributed by atoms with Gasteiger partial charge in [-0.2, -0.15) is 0 Å². The van der Waals surface area contributed by atoms with Gasteiger partial charge in [-0.15, -0.1) is 0 Å². The van der Waals surface area contributed by atoms with Gasteiger partial charge in [0.2, 0.25) is 5.91 Å². The Hall–Kier alpha value is -2.61. The van der Waals surface area contributed by atoms with Gasteiger partial charge < -0.3 is 14.2 Å². The molecule has 1 aromatic carbocycles. The summed E-state index contributed by atoms with van der Waals surface area (Å²) in [6.45, 7) is 12.9. The van der Waals surface area contributed by atoms with E-state index in [1.54, 1.807) is 59.7 Å². The van der Waals surface area contributed by atoms with Gasteiger partial charge in [-0.25, -0.2) is 14.5 Å². The van der Waals surface area contributed by atoms with Gasteiger partial charge >= 0.3 is 12.2 Å². The molecule has 1 aromatic rings. The summed E-state index contributed by atoms with van der Waals surface area (Å²) in [4.78, 5) is 39.9. The maximum Gasteiger partial charge on any atom is 0.421 e. The molecule has 2 aliphatic heterocycles. The van der Waals surface area contributed by atoms with Gasteiger partial charge in [-0.05, 0) is 79.0 Å². The van der Waals surface area contributed by atoms with Gasteiger partial charge in [-0.1, -0.05) is 6.07 Å². The highest BCUT2D eigenvalue weighted by molar-refractivity contribution is 6.21. The molecule has 0 bridgehead atoms. The Morgan fingerprint density at radius 2 is 1.77 bits per heavy atom. The van der Waals surface area contributed by atoms with E-state index in [0.29, 0.717) is 30.8 Å². The molecule has 2 aliphatic rings. The molecule has 0 radical (unpaired) electrons. The molecule has 31 heavy (non-hydrogen) atoms. The largest absolute Gasteiger partial charge is 0.444 e. The molecule has 3 amide bonds. The quantitative estimate of drug-likeness (QED) is 0.688. The van der Waals surface area contributed by atoms with Crippen LogP contribution in [0, 0.1) is 0 Å². The van der Waals surface area contributed by atoms with E-state index >= 15 is 0 Å². The van der Waals surface area contributed by atoms with E-state index < -0.39 is 28.8 Å². The first-order valence-corrected chi connectivity index (χ1v) is 10.6. The third-order valence-corrected chi connectivity index (χ3v) is 5.16. The lowest BCUT2D eigenvalue weighted by Gasteiger charge is -2.35. The van der Waals surface area contributed by atoms with Crippen LogP contribution in [0.25, 0.3) is 0 Å². The number of ether oxygens (including phenoxy) is 3. The number of rotatable bonds is 1. The summed E-state index contributed by atoms with van der Waals surface area (Å²) in [6.07, 6.45) is -0.527. The Bertz CT molecular complexity index is 898. The van der Waals surface area contributed by atoms with E-state index in [4.69, 9.17) is 14.2 Å². The molecule has 3 rings (SSSR count). The van der Waals surface area contributed by atoms with Crippen LogP contribution in [0.2, 0.25) is 0 Å². The molecular formula is C23H32N2O6. The highest BCUT2D eigenvalue weighted by Gasteiger charge is 2.55. The van der Waals surface area contributed by atoms with Crippen LogP contribution in [0.1, 0.15) is 66.9 Å². The van der Waals surface area contributed by atoms with Crippen molar-refractivity contribution in [2.45, 2.75) is 84.0 Å². The Kier molecular flexibility index (Phi) is 5.82. The second-order valence-corrected chi connectivity index (χ2v) is 10.2. The molecule has 0 aromatic heterocycles. The van der Waals surface area contributed by atoms with E-state index in [0.717, 1.165) is 10.5 Å². The summed E-state index contributed by atoms with van der Waals surface area (Å²) in [7, 11) is 0. The molecule has 1 spiro atoms. The normalized spacial score (nSPS) is 23.5. The van der Waals surface area contributed by atoms with Gasteiger partial charge in [0.25, 0.3) is 0 Å². The van der Waals surface area contributed by atoms with Crippen molar-refractivity contribution in [3.8, 4) is 0 Å². The number of nitrogens with one attached hydrogen (secondary N) is 1. The smallest absolute Gasteiger partial charge is 0.421 e. The topological polar surface area (TPSA) is 94.2 Å². The second-order valence-electron chi connectivity index (χ2n) is 10.2. The summed E-state index contributed by atoms with van der Waals surface area (Å²) < 4.78 is 16.5. The molecule has 0 saturated carbocycles. The number of amides is 3. The van der Waals surface area contributed by atoms with Crippen molar-refractivity contribution in [1.82, 2.24) is 0 Å². The summed E-state index contributed by atoms with van der Waals surface area (Å²) in [5.41, 5.74) is -0.680. The number of hydrogen-bond acceptors (Lipinski definition) is 6. The Morgan fingerprint density at radius 1 is 1.13 bits per heavy atom. The second kappa shape index (κ2) is 7.82. The molecule has 1 saturated heterocycles. The number of carbonyl (C=O) groups is 3. The van der Waals surface area contributed by atoms with Crippen LogP contribution < -0.4 is 10.2 Å². The number of nitrogens with zero attached hydrogens (tertiary/aromatic N) is 1. The summed E-state index contributed by atoms with van der Waals surface area (Å²) >= 11 is 0. The lowest BCUT2D eigenvalue weighted by molar-refractivity contribution is -0.128. The van der Waals surface area contributed by atoms with E-state index in [1.807, 2.05) is 6.92 Å². The molecule has 1 fully saturated rings.